The molecule has 1 aliphatic heterocycles. The van der Waals surface area contributed by atoms with Crippen LogP contribution in [0.2, 0.25) is 0 Å². The second-order valence-corrected chi connectivity index (χ2v) is 5.10. The van der Waals surface area contributed by atoms with Gasteiger partial charge in [0.05, 0.1) is 7.05 Å². The van der Waals surface area contributed by atoms with Crippen molar-refractivity contribution in [1.29, 1.82) is 0 Å². The largest absolute Gasteiger partial charge is 0.257 e. The van der Waals surface area contributed by atoms with Crippen molar-refractivity contribution < 1.29 is 0 Å². The summed E-state index contributed by atoms with van der Waals surface area (Å²) in [7, 11) is 2.28. The molecule has 0 fully saturated rings. The molecule has 0 saturated carbocycles. The first-order valence-electron chi connectivity index (χ1n) is 6.39. The first kappa shape index (κ1) is 11.2. The number of quaternary nitrogens is 1. The summed E-state index contributed by atoms with van der Waals surface area (Å²) >= 11 is 0. The van der Waals surface area contributed by atoms with Crippen LogP contribution >= 0.6 is 0 Å². The van der Waals surface area contributed by atoms with Crippen LogP contribution in [0.25, 0.3) is 0 Å². The molecule has 0 saturated heterocycles. The van der Waals surface area contributed by atoms with Crippen LogP contribution in [0.3, 0.4) is 0 Å². The van der Waals surface area contributed by atoms with Gasteiger partial charge in [0.15, 0.2) is 0 Å². The highest BCUT2D eigenvalue weighted by molar-refractivity contribution is 5.70. The van der Waals surface area contributed by atoms with E-state index in [-0.39, 0.29) is 0 Å². The Bertz CT molecular complexity index is 553. The van der Waals surface area contributed by atoms with Crippen molar-refractivity contribution in [3.05, 3.63) is 72.3 Å². The maximum Gasteiger partial charge on any atom is 0.141 e. The summed E-state index contributed by atoms with van der Waals surface area (Å²) in [5.41, 5.74) is 5.66. The van der Waals surface area contributed by atoms with E-state index < -0.39 is 0 Å². The van der Waals surface area contributed by atoms with Gasteiger partial charge in [-0.3, -0.25) is 4.48 Å². The molecule has 1 aliphatic rings. The number of fused-ring (bicyclic) bond motifs is 2. The first-order valence-corrected chi connectivity index (χ1v) is 6.39. The summed E-state index contributed by atoms with van der Waals surface area (Å²) in [6.07, 6.45) is 3.05. The lowest BCUT2D eigenvalue weighted by molar-refractivity contribution is 0.490. The molecule has 90 valence electrons. The maximum atomic E-state index is 3.93. The van der Waals surface area contributed by atoms with E-state index >= 15 is 0 Å². The number of hydrogen-bond donors (Lipinski definition) is 0. The summed E-state index contributed by atoms with van der Waals surface area (Å²) in [6, 6.07) is 17.5. The van der Waals surface area contributed by atoms with Crippen LogP contribution in [-0.2, 0) is 6.42 Å². The molecule has 0 spiro atoms. The van der Waals surface area contributed by atoms with Gasteiger partial charge < -0.3 is 0 Å². The minimum Gasteiger partial charge on any atom is -0.257 e. The van der Waals surface area contributed by atoms with Gasteiger partial charge in [-0.1, -0.05) is 43.0 Å². The Morgan fingerprint density at radius 1 is 1.00 bits per heavy atom. The van der Waals surface area contributed by atoms with Gasteiger partial charge in [0.2, 0.25) is 0 Å². The lowest BCUT2D eigenvalue weighted by atomic mass is 9.93. The third-order valence-electron chi connectivity index (χ3n) is 3.92. The Labute approximate surface area is 109 Å². The van der Waals surface area contributed by atoms with Crippen molar-refractivity contribution in [3.63, 3.8) is 0 Å². The van der Waals surface area contributed by atoms with Crippen LogP contribution in [0.4, 0.5) is 11.4 Å². The zero-order chi connectivity index (χ0) is 12.6. The number of benzene rings is 2. The average Bonchev–Trinajstić information content (AvgIpc) is 2.40. The van der Waals surface area contributed by atoms with E-state index in [1.54, 1.807) is 0 Å². The molecule has 0 amide bonds. The Morgan fingerprint density at radius 2 is 1.50 bits per heavy atom. The van der Waals surface area contributed by atoms with Crippen LogP contribution in [0.5, 0.6) is 0 Å². The Kier molecular flexibility index (Phi) is 2.57. The van der Waals surface area contributed by atoms with Crippen molar-refractivity contribution in [2.24, 2.45) is 0 Å². The smallest absolute Gasteiger partial charge is 0.141 e. The van der Waals surface area contributed by atoms with E-state index in [2.05, 4.69) is 62.2 Å². The van der Waals surface area contributed by atoms with Crippen LogP contribution in [0, 0.1) is 0 Å². The maximum absolute atomic E-state index is 3.93. The lowest BCUT2D eigenvalue weighted by Crippen LogP contribution is -2.43. The highest BCUT2D eigenvalue weighted by Crippen LogP contribution is 2.43. The van der Waals surface area contributed by atoms with E-state index in [0.29, 0.717) is 0 Å². The van der Waals surface area contributed by atoms with E-state index in [1.165, 1.54) is 22.5 Å². The Balaban J connectivity index is 2.27. The Hall–Kier alpha value is -1.86. The van der Waals surface area contributed by atoms with Crippen molar-refractivity contribution in [2.75, 3.05) is 13.6 Å². The summed E-state index contributed by atoms with van der Waals surface area (Å²) < 4.78 is 0.829. The van der Waals surface area contributed by atoms with Crippen molar-refractivity contribution in [1.82, 2.24) is 4.48 Å². The molecule has 2 aromatic carbocycles. The molecular formula is C17H18N+. The van der Waals surface area contributed by atoms with Gasteiger partial charge in [-0.2, -0.15) is 0 Å². The fourth-order valence-electron chi connectivity index (χ4n) is 3.07. The summed E-state index contributed by atoms with van der Waals surface area (Å²) in [6.45, 7) is 4.85. The monoisotopic (exact) mass is 236 g/mol. The van der Waals surface area contributed by atoms with Gasteiger partial charge in [-0.25, -0.2) is 0 Å². The minimum atomic E-state index is 0.829. The van der Waals surface area contributed by atoms with Gasteiger partial charge in [0, 0.05) is 17.5 Å². The number of nitrogens with zero attached hydrogens (tertiary/aromatic N) is 1. The van der Waals surface area contributed by atoms with E-state index in [9.17, 15) is 0 Å². The molecule has 0 bridgehead atoms. The number of likely N-dealkylation sites (N-methyl/N-ethyl adjacent to an activating group) is 1. The van der Waals surface area contributed by atoms with Crippen molar-refractivity contribution >= 4 is 11.4 Å². The van der Waals surface area contributed by atoms with Gasteiger partial charge in [-0.15, -0.1) is 0 Å². The van der Waals surface area contributed by atoms with Crippen LogP contribution in [0.15, 0.2) is 61.2 Å². The normalized spacial score (nSPS) is 15.6. The molecule has 1 nitrogen and oxygen atoms in total. The van der Waals surface area contributed by atoms with Crippen molar-refractivity contribution in [3.8, 4) is 0 Å². The molecule has 0 unspecified atom stereocenters. The molecule has 0 radical (unpaired) electrons. The number of rotatable bonds is 2. The number of hydrogen-bond acceptors (Lipinski definition) is 0. The highest BCUT2D eigenvalue weighted by Gasteiger charge is 2.35. The molecule has 0 aliphatic carbocycles. The zero-order valence-electron chi connectivity index (χ0n) is 10.8. The topological polar surface area (TPSA) is 0 Å². The van der Waals surface area contributed by atoms with Gasteiger partial charge in [-0.05, 0) is 18.2 Å². The summed E-state index contributed by atoms with van der Waals surface area (Å²) in [5, 5.41) is 0. The molecule has 18 heavy (non-hydrogen) atoms. The standard InChI is InChI=1S/C17H18N/c1-3-12-18(2)16-10-6-4-8-14(16)13-15-9-5-7-11-17(15)18/h3-11H,1,12-13H2,2H3/q+1. The third kappa shape index (κ3) is 1.52. The molecule has 0 N–H and O–H groups in total. The quantitative estimate of drug-likeness (QED) is 0.545. The minimum absolute atomic E-state index is 0.829. The molecule has 3 rings (SSSR count). The van der Waals surface area contributed by atoms with Crippen molar-refractivity contribution in [2.45, 2.75) is 6.42 Å². The average molecular weight is 236 g/mol. The predicted octanol–water partition coefficient (Wildman–Crippen LogP) is 4.05. The molecule has 1 heterocycles. The molecule has 0 aromatic heterocycles. The van der Waals surface area contributed by atoms with Crippen LogP contribution in [-0.4, -0.2) is 13.6 Å². The second kappa shape index (κ2) is 4.11. The Morgan fingerprint density at radius 3 is 2.00 bits per heavy atom. The number of para-hydroxylation sites is 2. The third-order valence-corrected chi connectivity index (χ3v) is 3.92. The van der Waals surface area contributed by atoms with E-state index in [4.69, 9.17) is 0 Å². The fourth-order valence-corrected chi connectivity index (χ4v) is 3.07. The van der Waals surface area contributed by atoms with E-state index in [0.717, 1.165) is 17.4 Å². The van der Waals surface area contributed by atoms with Gasteiger partial charge in [0.25, 0.3) is 0 Å². The SMILES string of the molecule is C=CC[N+]1(C)c2ccccc2Cc2ccccc21. The lowest BCUT2D eigenvalue weighted by Gasteiger charge is -2.38. The van der Waals surface area contributed by atoms with Crippen LogP contribution in [0.1, 0.15) is 11.1 Å². The van der Waals surface area contributed by atoms with Gasteiger partial charge >= 0.3 is 0 Å². The zero-order valence-corrected chi connectivity index (χ0v) is 10.8. The van der Waals surface area contributed by atoms with Gasteiger partial charge in [0.1, 0.15) is 17.9 Å². The molecular weight excluding hydrogens is 218 g/mol. The van der Waals surface area contributed by atoms with E-state index in [1.807, 2.05) is 6.08 Å². The summed E-state index contributed by atoms with van der Waals surface area (Å²) in [4.78, 5) is 0. The molecule has 2 aromatic rings. The second-order valence-electron chi connectivity index (χ2n) is 5.10. The fraction of sp³-hybridized carbons (Fsp3) is 0.176. The predicted molar refractivity (Wildman–Crippen MR) is 78.1 cm³/mol. The highest BCUT2D eigenvalue weighted by atomic mass is 15.3. The molecule has 0 atom stereocenters. The molecule has 1 heteroatoms. The summed E-state index contributed by atoms with van der Waals surface area (Å²) in [5.74, 6) is 0. The first-order chi connectivity index (χ1) is 8.75. The van der Waals surface area contributed by atoms with Crippen LogP contribution < -0.4 is 4.48 Å².